The maximum Gasteiger partial charge on any atom is 0.246 e. The molecule has 23 heavy (non-hydrogen) atoms. The minimum atomic E-state index is 0.106. The second-order valence-corrected chi connectivity index (χ2v) is 5.69. The zero-order valence-corrected chi connectivity index (χ0v) is 14.1. The van der Waals surface area contributed by atoms with Crippen molar-refractivity contribution in [2.75, 3.05) is 33.3 Å². The van der Waals surface area contributed by atoms with Crippen LogP contribution in [-0.2, 0) is 11.3 Å². The minimum Gasteiger partial charge on any atom is -0.497 e. The van der Waals surface area contributed by atoms with Crippen LogP contribution in [0.25, 0.3) is 0 Å². The highest BCUT2D eigenvalue weighted by atomic mass is 16.5. The van der Waals surface area contributed by atoms with Crippen molar-refractivity contribution in [1.82, 2.24) is 9.80 Å². The molecule has 4 heteroatoms. The van der Waals surface area contributed by atoms with Crippen LogP contribution in [0.1, 0.15) is 18.9 Å². The molecule has 1 aliphatic heterocycles. The molecule has 0 atom stereocenters. The van der Waals surface area contributed by atoms with Crippen LogP contribution in [0.5, 0.6) is 5.75 Å². The summed E-state index contributed by atoms with van der Waals surface area (Å²) in [5, 5.41) is 0. The molecule has 1 amide bonds. The Morgan fingerprint density at radius 1 is 1.13 bits per heavy atom. The Hall–Kier alpha value is -2.07. The number of ether oxygens (including phenoxy) is 1. The molecule has 4 nitrogen and oxygen atoms in total. The third-order valence-corrected chi connectivity index (χ3v) is 4.01. The lowest BCUT2D eigenvalue weighted by atomic mass is 10.2. The van der Waals surface area contributed by atoms with Gasteiger partial charge < -0.3 is 9.64 Å². The number of rotatable bonds is 5. The summed E-state index contributed by atoms with van der Waals surface area (Å²) in [4.78, 5) is 16.5. The molecule has 0 radical (unpaired) electrons. The molecule has 0 spiro atoms. The number of allylic oxidation sites excluding steroid dienone is 3. The van der Waals surface area contributed by atoms with Gasteiger partial charge in [0.05, 0.1) is 7.11 Å². The van der Waals surface area contributed by atoms with Crippen LogP contribution in [0, 0.1) is 0 Å². The van der Waals surface area contributed by atoms with Gasteiger partial charge in [0.1, 0.15) is 5.75 Å². The molecule has 2 rings (SSSR count). The van der Waals surface area contributed by atoms with E-state index in [1.807, 2.05) is 42.2 Å². The van der Waals surface area contributed by atoms with E-state index in [-0.39, 0.29) is 5.91 Å². The summed E-state index contributed by atoms with van der Waals surface area (Å²) in [5.74, 6) is 0.990. The molecule has 1 heterocycles. The molecule has 1 aliphatic rings. The topological polar surface area (TPSA) is 32.8 Å². The van der Waals surface area contributed by atoms with Crippen molar-refractivity contribution < 1.29 is 9.53 Å². The van der Waals surface area contributed by atoms with Crippen LogP contribution < -0.4 is 4.74 Å². The lowest BCUT2D eigenvalue weighted by Gasteiger charge is -2.21. The van der Waals surface area contributed by atoms with Gasteiger partial charge in [-0.05, 0) is 31.0 Å². The molecule has 0 aliphatic carbocycles. The highest BCUT2D eigenvalue weighted by Crippen LogP contribution is 2.14. The number of hydrogen-bond donors (Lipinski definition) is 0. The first kappa shape index (κ1) is 17.3. The highest BCUT2D eigenvalue weighted by molar-refractivity contribution is 5.87. The SMILES string of the molecule is C/C=C/C=C/C(=O)N1CCCN(Cc2ccc(OC)cc2)CC1. The van der Waals surface area contributed by atoms with Gasteiger partial charge in [0.25, 0.3) is 0 Å². The second kappa shape index (κ2) is 9.16. The molecule has 0 unspecified atom stereocenters. The monoisotopic (exact) mass is 314 g/mol. The van der Waals surface area contributed by atoms with Gasteiger partial charge in [-0.3, -0.25) is 9.69 Å². The first-order valence-corrected chi connectivity index (χ1v) is 8.16. The third-order valence-electron chi connectivity index (χ3n) is 4.01. The quantitative estimate of drug-likeness (QED) is 0.619. The number of benzene rings is 1. The lowest BCUT2D eigenvalue weighted by molar-refractivity contribution is -0.125. The van der Waals surface area contributed by atoms with Crippen LogP contribution >= 0.6 is 0 Å². The number of methoxy groups -OCH3 is 1. The van der Waals surface area contributed by atoms with Crippen molar-refractivity contribution in [3.8, 4) is 5.75 Å². The molecule has 1 aromatic rings. The number of carbonyl (C=O) groups is 1. The maximum atomic E-state index is 12.1. The maximum absolute atomic E-state index is 12.1. The van der Waals surface area contributed by atoms with Crippen LogP contribution in [0.15, 0.2) is 48.6 Å². The number of amides is 1. The normalized spacial score (nSPS) is 16.9. The van der Waals surface area contributed by atoms with Crippen molar-refractivity contribution in [2.24, 2.45) is 0 Å². The summed E-state index contributed by atoms with van der Waals surface area (Å²) < 4.78 is 5.19. The van der Waals surface area contributed by atoms with E-state index in [9.17, 15) is 4.79 Å². The second-order valence-electron chi connectivity index (χ2n) is 5.69. The molecular formula is C19H26N2O2. The van der Waals surface area contributed by atoms with Gasteiger partial charge in [-0.15, -0.1) is 0 Å². The van der Waals surface area contributed by atoms with E-state index >= 15 is 0 Å². The van der Waals surface area contributed by atoms with Crippen LogP contribution in [-0.4, -0.2) is 49.0 Å². The van der Waals surface area contributed by atoms with Crippen molar-refractivity contribution in [3.05, 3.63) is 54.1 Å². The Balaban J connectivity index is 1.86. The molecule has 1 fully saturated rings. The zero-order valence-electron chi connectivity index (χ0n) is 14.1. The summed E-state index contributed by atoms with van der Waals surface area (Å²) >= 11 is 0. The largest absolute Gasteiger partial charge is 0.497 e. The molecule has 0 N–H and O–H groups in total. The van der Waals surface area contributed by atoms with E-state index in [2.05, 4.69) is 17.0 Å². The summed E-state index contributed by atoms with van der Waals surface area (Å²) in [6.45, 7) is 6.41. The van der Waals surface area contributed by atoms with E-state index in [1.54, 1.807) is 13.2 Å². The number of carbonyl (C=O) groups excluding carboxylic acids is 1. The van der Waals surface area contributed by atoms with E-state index in [4.69, 9.17) is 4.74 Å². The Kier molecular flexibility index (Phi) is 6.88. The fourth-order valence-corrected chi connectivity index (χ4v) is 2.69. The van der Waals surface area contributed by atoms with Gasteiger partial charge in [-0.1, -0.05) is 30.4 Å². The third kappa shape index (κ3) is 5.57. The molecule has 1 saturated heterocycles. The van der Waals surface area contributed by atoms with E-state index in [0.717, 1.165) is 44.9 Å². The molecular weight excluding hydrogens is 288 g/mol. The summed E-state index contributed by atoms with van der Waals surface area (Å²) in [5.41, 5.74) is 1.28. The van der Waals surface area contributed by atoms with Crippen LogP contribution in [0.4, 0.5) is 0 Å². The fourth-order valence-electron chi connectivity index (χ4n) is 2.69. The highest BCUT2D eigenvalue weighted by Gasteiger charge is 2.17. The number of hydrogen-bond acceptors (Lipinski definition) is 3. The molecule has 0 aromatic heterocycles. The van der Waals surface area contributed by atoms with Crippen molar-refractivity contribution >= 4 is 5.91 Å². The van der Waals surface area contributed by atoms with Crippen LogP contribution in [0.3, 0.4) is 0 Å². The van der Waals surface area contributed by atoms with Crippen molar-refractivity contribution in [2.45, 2.75) is 19.9 Å². The first-order chi connectivity index (χ1) is 11.2. The summed E-state index contributed by atoms with van der Waals surface area (Å²) in [7, 11) is 1.68. The summed E-state index contributed by atoms with van der Waals surface area (Å²) in [6.07, 6.45) is 8.27. The van der Waals surface area contributed by atoms with Gasteiger partial charge in [0.15, 0.2) is 0 Å². The smallest absolute Gasteiger partial charge is 0.246 e. The van der Waals surface area contributed by atoms with Gasteiger partial charge >= 0.3 is 0 Å². The van der Waals surface area contributed by atoms with Gasteiger partial charge in [-0.2, -0.15) is 0 Å². The average molecular weight is 314 g/mol. The Labute approximate surface area is 139 Å². The molecule has 0 saturated carbocycles. The Bertz CT molecular complexity index is 549. The standard InChI is InChI=1S/C19H26N2O2/c1-3-4-5-7-19(22)21-13-6-12-20(14-15-21)16-17-8-10-18(23-2)11-9-17/h3-5,7-11H,6,12-16H2,1-2H3/b4-3+,7-5+. The fraction of sp³-hybridized carbons (Fsp3) is 0.421. The predicted octanol–water partition coefficient (Wildman–Crippen LogP) is 2.86. The van der Waals surface area contributed by atoms with Crippen LogP contribution in [0.2, 0.25) is 0 Å². The van der Waals surface area contributed by atoms with Gasteiger partial charge in [0, 0.05) is 38.8 Å². The first-order valence-electron chi connectivity index (χ1n) is 8.16. The molecule has 0 bridgehead atoms. The molecule has 1 aromatic carbocycles. The van der Waals surface area contributed by atoms with Gasteiger partial charge in [0.2, 0.25) is 5.91 Å². The summed E-state index contributed by atoms with van der Waals surface area (Å²) in [6, 6.07) is 8.20. The minimum absolute atomic E-state index is 0.106. The lowest BCUT2D eigenvalue weighted by Crippen LogP contribution is -2.34. The molecule has 124 valence electrons. The van der Waals surface area contributed by atoms with Gasteiger partial charge in [-0.25, -0.2) is 0 Å². The predicted molar refractivity (Wildman–Crippen MR) is 93.4 cm³/mol. The number of nitrogens with zero attached hydrogens (tertiary/aromatic N) is 2. The Morgan fingerprint density at radius 2 is 1.91 bits per heavy atom. The zero-order chi connectivity index (χ0) is 16.5. The van der Waals surface area contributed by atoms with E-state index < -0.39 is 0 Å². The van der Waals surface area contributed by atoms with Crippen molar-refractivity contribution in [3.63, 3.8) is 0 Å². The Morgan fingerprint density at radius 3 is 2.61 bits per heavy atom. The van der Waals surface area contributed by atoms with E-state index in [0.29, 0.717) is 0 Å². The van der Waals surface area contributed by atoms with E-state index in [1.165, 1.54) is 5.56 Å². The van der Waals surface area contributed by atoms with Crippen molar-refractivity contribution in [1.29, 1.82) is 0 Å². The average Bonchev–Trinajstić information content (AvgIpc) is 2.81.